The van der Waals surface area contributed by atoms with Gasteiger partial charge < -0.3 is 9.80 Å². The SMILES string of the molecule is CCc1ccc(C(=O)N2CCN(c3cc(C#N)nc4ccccc34)CC2)cc1. The Morgan fingerprint density at radius 1 is 1.07 bits per heavy atom. The fourth-order valence-electron chi connectivity index (χ4n) is 3.69. The Bertz CT molecular complexity index is 1040. The number of rotatable bonds is 3. The van der Waals surface area contributed by atoms with Crippen molar-refractivity contribution < 1.29 is 4.79 Å². The highest BCUT2D eigenvalue weighted by atomic mass is 16.2. The van der Waals surface area contributed by atoms with Crippen LogP contribution in [0.15, 0.2) is 54.6 Å². The summed E-state index contributed by atoms with van der Waals surface area (Å²) in [5.41, 5.74) is 4.24. The van der Waals surface area contributed by atoms with E-state index in [1.807, 2.05) is 59.5 Å². The maximum absolute atomic E-state index is 12.8. The first-order valence-corrected chi connectivity index (χ1v) is 9.62. The van der Waals surface area contributed by atoms with E-state index in [1.165, 1.54) is 5.56 Å². The van der Waals surface area contributed by atoms with Crippen LogP contribution >= 0.6 is 0 Å². The molecule has 28 heavy (non-hydrogen) atoms. The lowest BCUT2D eigenvalue weighted by molar-refractivity contribution is 0.0747. The van der Waals surface area contributed by atoms with Gasteiger partial charge in [-0.3, -0.25) is 4.79 Å². The molecule has 0 radical (unpaired) electrons. The number of hydrogen-bond donors (Lipinski definition) is 0. The summed E-state index contributed by atoms with van der Waals surface area (Å²) in [5.74, 6) is 0.0830. The molecule has 0 unspecified atom stereocenters. The molecule has 1 amide bonds. The van der Waals surface area contributed by atoms with E-state index in [9.17, 15) is 10.1 Å². The Kier molecular flexibility index (Phi) is 4.94. The highest BCUT2D eigenvalue weighted by molar-refractivity contribution is 5.95. The molecule has 0 N–H and O–H groups in total. The number of nitrogens with zero attached hydrogens (tertiary/aromatic N) is 4. The van der Waals surface area contributed by atoms with Crippen LogP contribution < -0.4 is 4.90 Å². The maximum Gasteiger partial charge on any atom is 0.253 e. The lowest BCUT2D eigenvalue weighted by Crippen LogP contribution is -2.48. The Morgan fingerprint density at radius 3 is 2.46 bits per heavy atom. The maximum atomic E-state index is 12.8. The number of amides is 1. The molecule has 1 aliphatic heterocycles. The van der Waals surface area contributed by atoms with Gasteiger partial charge in [0.1, 0.15) is 11.8 Å². The van der Waals surface area contributed by atoms with Crippen molar-refractivity contribution in [3.05, 3.63) is 71.4 Å². The largest absolute Gasteiger partial charge is 0.367 e. The number of carbonyl (C=O) groups is 1. The molecule has 4 rings (SSSR count). The second-order valence-corrected chi connectivity index (χ2v) is 6.99. The Morgan fingerprint density at radius 2 is 1.79 bits per heavy atom. The number of benzene rings is 2. The molecular weight excluding hydrogens is 348 g/mol. The first-order chi connectivity index (χ1) is 13.7. The Balaban J connectivity index is 1.52. The number of aryl methyl sites for hydroxylation is 1. The molecule has 5 heteroatoms. The van der Waals surface area contributed by atoms with Gasteiger partial charge in [-0.15, -0.1) is 0 Å². The number of anilines is 1. The molecule has 1 aromatic heterocycles. The molecule has 0 saturated carbocycles. The highest BCUT2D eigenvalue weighted by Gasteiger charge is 2.23. The van der Waals surface area contributed by atoms with Crippen molar-refractivity contribution in [3.63, 3.8) is 0 Å². The van der Waals surface area contributed by atoms with E-state index >= 15 is 0 Å². The lowest BCUT2D eigenvalue weighted by Gasteiger charge is -2.36. The second-order valence-electron chi connectivity index (χ2n) is 6.99. The van der Waals surface area contributed by atoms with E-state index in [0.717, 1.165) is 41.7 Å². The number of nitriles is 1. The standard InChI is InChI=1S/C23H22N4O/c1-2-17-7-9-18(10-8-17)23(28)27-13-11-26(12-14-27)22-15-19(16-24)25-21-6-4-3-5-20(21)22/h3-10,15H,2,11-14H2,1H3. The average molecular weight is 370 g/mol. The van der Waals surface area contributed by atoms with Crippen LogP contribution in [0.1, 0.15) is 28.5 Å². The van der Waals surface area contributed by atoms with Crippen LogP contribution in [0.2, 0.25) is 0 Å². The Labute approximate surface area is 164 Å². The van der Waals surface area contributed by atoms with E-state index < -0.39 is 0 Å². The zero-order chi connectivity index (χ0) is 19.5. The van der Waals surface area contributed by atoms with Crippen molar-refractivity contribution in [1.29, 1.82) is 5.26 Å². The number of aromatic nitrogens is 1. The van der Waals surface area contributed by atoms with Crippen molar-refractivity contribution >= 4 is 22.5 Å². The van der Waals surface area contributed by atoms with Gasteiger partial charge in [0.2, 0.25) is 0 Å². The van der Waals surface area contributed by atoms with E-state index in [0.29, 0.717) is 18.8 Å². The van der Waals surface area contributed by atoms with E-state index in [4.69, 9.17) is 0 Å². The predicted octanol–water partition coefficient (Wildman–Crippen LogP) is 3.63. The molecule has 3 aromatic rings. The third-order valence-corrected chi connectivity index (χ3v) is 5.33. The lowest BCUT2D eigenvalue weighted by atomic mass is 10.1. The normalized spacial score (nSPS) is 14.1. The summed E-state index contributed by atoms with van der Waals surface area (Å²) in [6.07, 6.45) is 0.970. The summed E-state index contributed by atoms with van der Waals surface area (Å²) in [4.78, 5) is 21.4. The van der Waals surface area contributed by atoms with Crippen molar-refractivity contribution in [3.8, 4) is 6.07 Å². The van der Waals surface area contributed by atoms with Crippen molar-refractivity contribution in [2.24, 2.45) is 0 Å². The van der Waals surface area contributed by atoms with Gasteiger partial charge in [0.05, 0.1) is 5.52 Å². The van der Waals surface area contributed by atoms with Gasteiger partial charge in [-0.25, -0.2) is 4.98 Å². The summed E-state index contributed by atoms with van der Waals surface area (Å²) in [7, 11) is 0. The fourth-order valence-corrected chi connectivity index (χ4v) is 3.69. The molecule has 0 spiro atoms. The van der Waals surface area contributed by atoms with Gasteiger partial charge in [-0.1, -0.05) is 37.3 Å². The minimum Gasteiger partial charge on any atom is -0.367 e. The molecule has 2 heterocycles. The van der Waals surface area contributed by atoms with Crippen LogP contribution in [0.5, 0.6) is 0 Å². The highest BCUT2D eigenvalue weighted by Crippen LogP contribution is 2.27. The molecule has 2 aromatic carbocycles. The van der Waals surface area contributed by atoms with Gasteiger partial charge in [0, 0.05) is 42.8 Å². The minimum absolute atomic E-state index is 0.0830. The monoisotopic (exact) mass is 370 g/mol. The summed E-state index contributed by atoms with van der Waals surface area (Å²) in [6, 6.07) is 19.8. The molecule has 0 bridgehead atoms. The first-order valence-electron chi connectivity index (χ1n) is 9.62. The molecule has 5 nitrogen and oxygen atoms in total. The van der Waals surface area contributed by atoms with Gasteiger partial charge >= 0.3 is 0 Å². The molecular formula is C23H22N4O. The van der Waals surface area contributed by atoms with Gasteiger partial charge in [-0.2, -0.15) is 5.26 Å². The molecule has 1 saturated heterocycles. The number of piperazine rings is 1. The number of fused-ring (bicyclic) bond motifs is 1. The number of hydrogen-bond acceptors (Lipinski definition) is 4. The smallest absolute Gasteiger partial charge is 0.253 e. The van der Waals surface area contributed by atoms with Gasteiger partial charge in [-0.05, 0) is 36.2 Å². The molecule has 140 valence electrons. The van der Waals surface area contributed by atoms with Crippen LogP contribution in [-0.2, 0) is 6.42 Å². The second kappa shape index (κ2) is 7.69. The van der Waals surface area contributed by atoms with Crippen molar-refractivity contribution in [1.82, 2.24) is 9.88 Å². The molecule has 0 atom stereocenters. The number of carbonyl (C=O) groups excluding carboxylic acids is 1. The zero-order valence-electron chi connectivity index (χ0n) is 15.9. The molecule has 1 aliphatic rings. The number of para-hydroxylation sites is 1. The van der Waals surface area contributed by atoms with E-state index in [1.54, 1.807) is 0 Å². The van der Waals surface area contributed by atoms with E-state index in [2.05, 4.69) is 22.9 Å². The van der Waals surface area contributed by atoms with Crippen LogP contribution in [0.25, 0.3) is 10.9 Å². The van der Waals surface area contributed by atoms with Crippen LogP contribution in [0.4, 0.5) is 5.69 Å². The average Bonchev–Trinajstić information content (AvgIpc) is 2.78. The van der Waals surface area contributed by atoms with Crippen LogP contribution in [0, 0.1) is 11.3 Å². The summed E-state index contributed by atoms with van der Waals surface area (Å²) in [6.45, 7) is 4.89. The first kappa shape index (κ1) is 18.0. The third-order valence-electron chi connectivity index (χ3n) is 5.33. The van der Waals surface area contributed by atoms with Gasteiger partial charge in [0.25, 0.3) is 5.91 Å². The summed E-state index contributed by atoms with van der Waals surface area (Å²) in [5, 5.41) is 10.4. The molecule has 1 fully saturated rings. The number of pyridine rings is 1. The minimum atomic E-state index is 0.0830. The fraction of sp³-hybridized carbons (Fsp3) is 0.261. The van der Waals surface area contributed by atoms with Crippen molar-refractivity contribution in [2.45, 2.75) is 13.3 Å². The third kappa shape index (κ3) is 3.41. The van der Waals surface area contributed by atoms with Crippen molar-refractivity contribution in [2.75, 3.05) is 31.1 Å². The van der Waals surface area contributed by atoms with Crippen LogP contribution in [-0.4, -0.2) is 42.0 Å². The zero-order valence-corrected chi connectivity index (χ0v) is 15.9. The quantitative estimate of drug-likeness (QED) is 0.706. The topological polar surface area (TPSA) is 60.2 Å². The Hall–Kier alpha value is -3.39. The predicted molar refractivity (Wildman–Crippen MR) is 110 cm³/mol. The summed E-state index contributed by atoms with van der Waals surface area (Å²) >= 11 is 0. The van der Waals surface area contributed by atoms with E-state index in [-0.39, 0.29) is 5.91 Å². The summed E-state index contributed by atoms with van der Waals surface area (Å²) < 4.78 is 0. The van der Waals surface area contributed by atoms with Crippen LogP contribution in [0.3, 0.4) is 0 Å². The molecule has 0 aliphatic carbocycles. The van der Waals surface area contributed by atoms with Gasteiger partial charge in [0.15, 0.2) is 0 Å².